The Bertz CT molecular complexity index is 524. The molecule has 0 spiro atoms. The summed E-state index contributed by atoms with van der Waals surface area (Å²) in [4.78, 5) is 11.4. The number of hydrogen-bond acceptors (Lipinski definition) is 4. The largest absolute Gasteiger partial charge is 0.287 e. The van der Waals surface area contributed by atoms with E-state index < -0.39 is 15.4 Å². The Labute approximate surface area is 96.5 Å². The van der Waals surface area contributed by atoms with Crippen molar-refractivity contribution in [3.8, 4) is 0 Å². The smallest absolute Gasteiger partial charge is 0.266 e. The number of hydrogen-bond donors (Lipinski definition) is 0. The van der Waals surface area contributed by atoms with Crippen LogP contribution in [-0.2, 0) is 16.4 Å². The van der Waals surface area contributed by atoms with Crippen LogP contribution in [0.5, 0.6) is 0 Å². The number of halogens is 2. The lowest BCUT2D eigenvalue weighted by Crippen LogP contribution is -2.26. The van der Waals surface area contributed by atoms with E-state index in [-0.39, 0.29) is 22.3 Å². The first-order valence-electron chi connectivity index (χ1n) is 3.90. The molecular formula is C7H8Cl2N2O3S. The van der Waals surface area contributed by atoms with E-state index in [9.17, 15) is 13.2 Å². The summed E-state index contributed by atoms with van der Waals surface area (Å²) >= 11 is 11.1. The minimum atomic E-state index is -3.14. The van der Waals surface area contributed by atoms with Crippen LogP contribution in [0.1, 0.15) is 0 Å². The molecule has 0 aliphatic heterocycles. The Kier molecular flexibility index (Phi) is 3.75. The van der Waals surface area contributed by atoms with Gasteiger partial charge in [0.1, 0.15) is 14.9 Å². The van der Waals surface area contributed by atoms with Crippen molar-refractivity contribution in [2.45, 2.75) is 6.54 Å². The van der Waals surface area contributed by atoms with Crippen molar-refractivity contribution in [3.05, 3.63) is 26.6 Å². The van der Waals surface area contributed by atoms with Crippen LogP contribution in [0.15, 0.2) is 11.0 Å². The lowest BCUT2D eigenvalue weighted by Gasteiger charge is -2.03. The molecule has 8 heteroatoms. The summed E-state index contributed by atoms with van der Waals surface area (Å²) in [6, 6.07) is 0. The quantitative estimate of drug-likeness (QED) is 0.807. The molecule has 1 aromatic heterocycles. The van der Waals surface area contributed by atoms with Gasteiger partial charge in [-0.3, -0.25) is 4.79 Å². The van der Waals surface area contributed by atoms with Gasteiger partial charge in [-0.05, 0) is 0 Å². The molecular weight excluding hydrogens is 263 g/mol. The van der Waals surface area contributed by atoms with Gasteiger partial charge in [0.25, 0.3) is 5.56 Å². The zero-order chi connectivity index (χ0) is 11.6. The molecule has 0 saturated heterocycles. The lowest BCUT2D eigenvalue weighted by atomic mass is 10.5. The predicted molar refractivity (Wildman–Crippen MR) is 58.2 cm³/mol. The Morgan fingerprint density at radius 2 is 2.07 bits per heavy atom. The molecule has 15 heavy (non-hydrogen) atoms. The van der Waals surface area contributed by atoms with Gasteiger partial charge in [-0.1, -0.05) is 23.2 Å². The third-order valence-electron chi connectivity index (χ3n) is 1.62. The summed E-state index contributed by atoms with van der Waals surface area (Å²) in [5.74, 6) is -0.169. The van der Waals surface area contributed by atoms with Crippen molar-refractivity contribution in [3.63, 3.8) is 0 Å². The SMILES string of the molecule is CS(=O)(=O)CCn1ncc(Cl)c(Cl)c1=O. The zero-order valence-corrected chi connectivity index (χ0v) is 10.1. The second kappa shape index (κ2) is 4.51. The van der Waals surface area contributed by atoms with Gasteiger partial charge in [0.15, 0.2) is 0 Å². The summed E-state index contributed by atoms with van der Waals surface area (Å²) in [6.45, 7) is -0.0332. The molecule has 0 aromatic carbocycles. The van der Waals surface area contributed by atoms with Crippen LogP contribution in [0.2, 0.25) is 10.0 Å². The van der Waals surface area contributed by atoms with E-state index in [0.717, 1.165) is 10.9 Å². The first-order chi connectivity index (χ1) is 6.81. The van der Waals surface area contributed by atoms with Crippen LogP contribution in [0, 0.1) is 0 Å². The predicted octanol–water partition coefficient (Wildman–Crippen LogP) is 0.595. The molecule has 0 bridgehead atoms. The standard InChI is InChI=1S/C7H8Cl2N2O3S/c1-15(13,14)3-2-11-7(12)6(9)5(8)4-10-11/h4H,2-3H2,1H3. The van der Waals surface area contributed by atoms with E-state index in [1.807, 2.05) is 0 Å². The van der Waals surface area contributed by atoms with Crippen LogP contribution < -0.4 is 5.56 Å². The highest BCUT2D eigenvalue weighted by Gasteiger charge is 2.09. The van der Waals surface area contributed by atoms with Crippen LogP contribution in [0.25, 0.3) is 0 Å². The van der Waals surface area contributed by atoms with Gasteiger partial charge in [0, 0.05) is 6.26 Å². The summed E-state index contributed by atoms with van der Waals surface area (Å²) in [7, 11) is -3.14. The monoisotopic (exact) mass is 270 g/mol. The first kappa shape index (κ1) is 12.5. The average Bonchev–Trinajstić information content (AvgIpc) is 2.12. The van der Waals surface area contributed by atoms with Crippen LogP contribution in [0.3, 0.4) is 0 Å². The van der Waals surface area contributed by atoms with Gasteiger partial charge in [-0.15, -0.1) is 0 Å². The third-order valence-corrected chi connectivity index (χ3v) is 3.29. The Balaban J connectivity index is 2.98. The number of rotatable bonds is 3. The molecule has 0 radical (unpaired) electrons. The maximum atomic E-state index is 11.4. The van der Waals surface area contributed by atoms with E-state index in [2.05, 4.69) is 5.10 Å². The molecule has 0 N–H and O–H groups in total. The van der Waals surface area contributed by atoms with Crippen LogP contribution in [-0.4, -0.2) is 30.2 Å². The molecule has 1 heterocycles. The molecule has 0 aliphatic rings. The Hall–Kier alpha value is -0.590. The van der Waals surface area contributed by atoms with E-state index in [1.165, 1.54) is 6.20 Å². The van der Waals surface area contributed by atoms with Crippen molar-refractivity contribution < 1.29 is 8.42 Å². The van der Waals surface area contributed by atoms with E-state index in [0.29, 0.717) is 0 Å². The third kappa shape index (κ3) is 3.48. The van der Waals surface area contributed by atoms with E-state index in [1.54, 1.807) is 0 Å². The maximum Gasteiger partial charge on any atom is 0.287 e. The summed E-state index contributed by atoms with van der Waals surface area (Å²) in [5.41, 5.74) is -0.590. The highest BCUT2D eigenvalue weighted by Crippen LogP contribution is 2.14. The summed E-state index contributed by atoms with van der Waals surface area (Å²) < 4.78 is 22.7. The summed E-state index contributed by atoms with van der Waals surface area (Å²) in [5, 5.41) is 3.57. The molecule has 1 rings (SSSR count). The molecule has 1 aromatic rings. The molecule has 0 fully saturated rings. The molecule has 0 unspecified atom stereocenters. The number of aromatic nitrogens is 2. The molecule has 0 saturated carbocycles. The fourth-order valence-corrected chi connectivity index (χ4v) is 1.63. The molecule has 0 aliphatic carbocycles. The topological polar surface area (TPSA) is 69.0 Å². The van der Waals surface area contributed by atoms with Crippen molar-refractivity contribution >= 4 is 33.0 Å². The second-order valence-electron chi connectivity index (χ2n) is 2.96. The van der Waals surface area contributed by atoms with Gasteiger partial charge in [-0.25, -0.2) is 13.1 Å². The maximum absolute atomic E-state index is 11.4. The molecule has 5 nitrogen and oxygen atoms in total. The lowest BCUT2D eigenvalue weighted by molar-refractivity contribution is 0.575. The van der Waals surface area contributed by atoms with Crippen molar-refractivity contribution in [1.82, 2.24) is 9.78 Å². The number of aryl methyl sites for hydroxylation is 1. The minimum Gasteiger partial charge on any atom is -0.266 e. The highest BCUT2D eigenvalue weighted by atomic mass is 35.5. The van der Waals surface area contributed by atoms with Gasteiger partial charge in [0.2, 0.25) is 0 Å². The number of sulfone groups is 1. The van der Waals surface area contributed by atoms with E-state index in [4.69, 9.17) is 23.2 Å². The van der Waals surface area contributed by atoms with Gasteiger partial charge >= 0.3 is 0 Å². The highest BCUT2D eigenvalue weighted by molar-refractivity contribution is 7.90. The minimum absolute atomic E-state index is 0.0332. The Morgan fingerprint density at radius 1 is 1.47 bits per heavy atom. The normalized spacial score (nSPS) is 11.7. The number of nitrogens with zero attached hydrogens (tertiary/aromatic N) is 2. The summed E-state index contributed by atoms with van der Waals surface area (Å²) in [6.07, 6.45) is 2.28. The van der Waals surface area contributed by atoms with Crippen molar-refractivity contribution in [2.75, 3.05) is 12.0 Å². The van der Waals surface area contributed by atoms with Gasteiger partial charge in [0.05, 0.1) is 23.5 Å². The Morgan fingerprint density at radius 3 is 2.60 bits per heavy atom. The molecule has 84 valence electrons. The fourth-order valence-electron chi connectivity index (χ4n) is 0.857. The van der Waals surface area contributed by atoms with Gasteiger partial charge < -0.3 is 0 Å². The van der Waals surface area contributed by atoms with E-state index >= 15 is 0 Å². The fraction of sp³-hybridized carbons (Fsp3) is 0.429. The zero-order valence-electron chi connectivity index (χ0n) is 7.77. The van der Waals surface area contributed by atoms with Crippen LogP contribution in [0.4, 0.5) is 0 Å². The average molecular weight is 271 g/mol. The first-order valence-corrected chi connectivity index (χ1v) is 6.72. The van der Waals surface area contributed by atoms with Crippen LogP contribution >= 0.6 is 23.2 Å². The second-order valence-corrected chi connectivity index (χ2v) is 6.01. The molecule has 0 atom stereocenters. The van der Waals surface area contributed by atoms with Crippen molar-refractivity contribution in [1.29, 1.82) is 0 Å². The van der Waals surface area contributed by atoms with Crippen molar-refractivity contribution in [2.24, 2.45) is 0 Å². The molecule has 0 amide bonds. The van der Waals surface area contributed by atoms with Gasteiger partial charge in [-0.2, -0.15) is 5.10 Å².